The minimum absolute atomic E-state index is 0.0377. The number of rotatable bonds is 5. The molecule has 2 N–H and O–H groups in total. The Hall–Kier alpha value is -1.88. The van der Waals surface area contributed by atoms with Crippen molar-refractivity contribution in [3.63, 3.8) is 0 Å². The third-order valence-corrected chi connectivity index (χ3v) is 3.96. The van der Waals surface area contributed by atoms with E-state index in [1.54, 1.807) is 0 Å². The van der Waals surface area contributed by atoms with Crippen molar-refractivity contribution in [3.05, 3.63) is 35.4 Å². The van der Waals surface area contributed by atoms with Crippen LogP contribution in [0.15, 0.2) is 24.3 Å². The smallest absolute Gasteiger partial charge is 0.309 e. The molecule has 0 radical (unpaired) electrons. The summed E-state index contributed by atoms with van der Waals surface area (Å²) in [6.45, 7) is 5.09. The summed E-state index contributed by atoms with van der Waals surface area (Å²) in [4.78, 5) is 23.7. The van der Waals surface area contributed by atoms with E-state index in [2.05, 4.69) is 17.6 Å². The van der Waals surface area contributed by atoms with E-state index >= 15 is 0 Å². The van der Waals surface area contributed by atoms with E-state index in [9.17, 15) is 9.59 Å². The number of benzene rings is 1. The SMILES string of the molecule is CCc1ccc(C(C)NC(=O)C(=O)NCC2CCCO2)cc1. The predicted molar refractivity (Wildman–Crippen MR) is 84.4 cm³/mol. The van der Waals surface area contributed by atoms with Crippen molar-refractivity contribution in [1.29, 1.82) is 0 Å². The van der Waals surface area contributed by atoms with E-state index in [4.69, 9.17) is 4.74 Å². The van der Waals surface area contributed by atoms with Gasteiger partial charge < -0.3 is 15.4 Å². The van der Waals surface area contributed by atoms with Crippen LogP contribution in [0.3, 0.4) is 0 Å². The summed E-state index contributed by atoms with van der Waals surface area (Å²) in [7, 11) is 0. The summed E-state index contributed by atoms with van der Waals surface area (Å²) in [5.74, 6) is -1.21. The largest absolute Gasteiger partial charge is 0.376 e. The number of aryl methyl sites for hydroxylation is 1. The third kappa shape index (κ3) is 4.56. The lowest BCUT2D eigenvalue weighted by Crippen LogP contribution is -2.43. The molecule has 0 spiro atoms. The van der Waals surface area contributed by atoms with E-state index in [1.807, 2.05) is 31.2 Å². The van der Waals surface area contributed by atoms with Crippen molar-refractivity contribution in [1.82, 2.24) is 10.6 Å². The first-order valence-corrected chi connectivity index (χ1v) is 7.89. The molecule has 5 nitrogen and oxygen atoms in total. The van der Waals surface area contributed by atoms with Crippen LogP contribution in [0.4, 0.5) is 0 Å². The summed E-state index contributed by atoms with van der Waals surface area (Å²) in [5.41, 5.74) is 2.23. The molecule has 1 aromatic carbocycles. The molecule has 0 aromatic heterocycles. The first-order chi connectivity index (χ1) is 10.6. The second-order valence-corrected chi connectivity index (χ2v) is 5.64. The highest BCUT2D eigenvalue weighted by atomic mass is 16.5. The number of carbonyl (C=O) groups excluding carboxylic acids is 2. The van der Waals surface area contributed by atoms with Crippen LogP contribution in [0.1, 0.15) is 43.9 Å². The maximum Gasteiger partial charge on any atom is 0.309 e. The summed E-state index contributed by atoms with van der Waals surface area (Å²) < 4.78 is 5.41. The Morgan fingerprint density at radius 1 is 1.27 bits per heavy atom. The maximum atomic E-state index is 11.9. The Morgan fingerprint density at radius 3 is 2.59 bits per heavy atom. The van der Waals surface area contributed by atoms with Gasteiger partial charge in [0.2, 0.25) is 0 Å². The monoisotopic (exact) mass is 304 g/mol. The fourth-order valence-corrected chi connectivity index (χ4v) is 2.48. The van der Waals surface area contributed by atoms with E-state index in [0.29, 0.717) is 6.54 Å². The Kier molecular flexibility index (Phi) is 5.95. The highest BCUT2D eigenvalue weighted by Crippen LogP contribution is 2.14. The average molecular weight is 304 g/mol. The van der Waals surface area contributed by atoms with Gasteiger partial charge in [0.15, 0.2) is 0 Å². The summed E-state index contributed by atoms with van der Waals surface area (Å²) in [5, 5.41) is 5.34. The molecular weight excluding hydrogens is 280 g/mol. The maximum absolute atomic E-state index is 11.9. The van der Waals surface area contributed by atoms with E-state index in [1.165, 1.54) is 5.56 Å². The summed E-state index contributed by atoms with van der Waals surface area (Å²) in [6.07, 6.45) is 2.96. The van der Waals surface area contributed by atoms with Crippen molar-refractivity contribution >= 4 is 11.8 Å². The standard InChI is InChI=1S/C17H24N2O3/c1-3-13-6-8-14(9-7-13)12(2)19-17(21)16(20)18-11-15-5-4-10-22-15/h6-9,12,15H,3-5,10-11H2,1-2H3,(H,18,20)(H,19,21). The Bertz CT molecular complexity index is 507. The predicted octanol–water partition coefficient (Wildman–Crippen LogP) is 1.72. The van der Waals surface area contributed by atoms with Gasteiger partial charge in [0.1, 0.15) is 0 Å². The minimum Gasteiger partial charge on any atom is -0.376 e. The van der Waals surface area contributed by atoms with Crippen LogP contribution >= 0.6 is 0 Å². The highest BCUT2D eigenvalue weighted by molar-refractivity contribution is 6.35. The minimum atomic E-state index is -0.606. The first-order valence-electron chi connectivity index (χ1n) is 7.89. The highest BCUT2D eigenvalue weighted by Gasteiger charge is 2.20. The van der Waals surface area contributed by atoms with Crippen molar-refractivity contribution < 1.29 is 14.3 Å². The molecule has 0 saturated carbocycles. The second kappa shape index (κ2) is 7.94. The lowest BCUT2D eigenvalue weighted by Gasteiger charge is -2.15. The molecule has 1 aliphatic rings. The molecule has 1 aromatic rings. The number of ether oxygens (including phenoxy) is 1. The van der Waals surface area contributed by atoms with Crippen LogP contribution in [0, 0.1) is 0 Å². The zero-order valence-electron chi connectivity index (χ0n) is 13.2. The van der Waals surface area contributed by atoms with Crippen molar-refractivity contribution in [3.8, 4) is 0 Å². The third-order valence-electron chi connectivity index (χ3n) is 3.96. The first kappa shape index (κ1) is 16.5. The number of amides is 2. The molecule has 0 aliphatic carbocycles. The quantitative estimate of drug-likeness (QED) is 0.814. The Labute approximate surface area is 131 Å². The van der Waals surface area contributed by atoms with Crippen LogP contribution in [0.5, 0.6) is 0 Å². The number of carbonyl (C=O) groups is 2. The van der Waals surface area contributed by atoms with Crippen molar-refractivity contribution in [2.45, 2.75) is 45.3 Å². The van der Waals surface area contributed by atoms with E-state index in [-0.39, 0.29) is 12.1 Å². The molecule has 2 unspecified atom stereocenters. The molecule has 2 rings (SSSR count). The van der Waals surface area contributed by atoms with Crippen LogP contribution in [0.25, 0.3) is 0 Å². The molecule has 22 heavy (non-hydrogen) atoms. The number of hydrogen-bond acceptors (Lipinski definition) is 3. The molecular formula is C17H24N2O3. The lowest BCUT2D eigenvalue weighted by atomic mass is 10.1. The van der Waals surface area contributed by atoms with E-state index in [0.717, 1.165) is 31.4 Å². The fourth-order valence-electron chi connectivity index (χ4n) is 2.48. The van der Waals surface area contributed by atoms with Gasteiger partial charge in [0, 0.05) is 13.2 Å². The van der Waals surface area contributed by atoms with Crippen molar-refractivity contribution in [2.24, 2.45) is 0 Å². The molecule has 2 atom stereocenters. The summed E-state index contributed by atoms with van der Waals surface area (Å²) in [6, 6.07) is 7.83. The molecule has 1 saturated heterocycles. The van der Waals surface area contributed by atoms with Gasteiger partial charge in [-0.1, -0.05) is 31.2 Å². The van der Waals surface area contributed by atoms with Gasteiger partial charge in [-0.15, -0.1) is 0 Å². The molecule has 2 amide bonds. The Morgan fingerprint density at radius 2 is 2.00 bits per heavy atom. The van der Waals surface area contributed by atoms with Crippen LogP contribution in [-0.4, -0.2) is 31.1 Å². The zero-order valence-corrected chi connectivity index (χ0v) is 13.2. The van der Waals surface area contributed by atoms with Gasteiger partial charge in [-0.05, 0) is 37.3 Å². The number of nitrogens with one attached hydrogen (secondary N) is 2. The van der Waals surface area contributed by atoms with Crippen molar-refractivity contribution in [2.75, 3.05) is 13.2 Å². The zero-order chi connectivity index (χ0) is 15.9. The molecule has 120 valence electrons. The van der Waals surface area contributed by atoms with Crippen LogP contribution in [-0.2, 0) is 20.7 Å². The Balaban J connectivity index is 1.80. The molecule has 0 bridgehead atoms. The second-order valence-electron chi connectivity index (χ2n) is 5.64. The van der Waals surface area contributed by atoms with Gasteiger partial charge in [-0.25, -0.2) is 0 Å². The fraction of sp³-hybridized carbons (Fsp3) is 0.529. The van der Waals surface area contributed by atoms with Crippen LogP contribution < -0.4 is 10.6 Å². The molecule has 1 heterocycles. The van der Waals surface area contributed by atoms with Gasteiger partial charge in [0.05, 0.1) is 12.1 Å². The average Bonchev–Trinajstić information content (AvgIpc) is 3.06. The van der Waals surface area contributed by atoms with Gasteiger partial charge >= 0.3 is 11.8 Å². The normalized spacial score (nSPS) is 18.7. The van der Waals surface area contributed by atoms with Gasteiger partial charge in [-0.2, -0.15) is 0 Å². The molecule has 1 fully saturated rings. The summed E-state index contributed by atoms with van der Waals surface area (Å²) >= 11 is 0. The number of hydrogen-bond donors (Lipinski definition) is 2. The van der Waals surface area contributed by atoms with Crippen LogP contribution in [0.2, 0.25) is 0 Å². The lowest BCUT2D eigenvalue weighted by molar-refractivity contribution is -0.139. The molecule has 5 heteroatoms. The van der Waals surface area contributed by atoms with Gasteiger partial charge in [0.25, 0.3) is 0 Å². The molecule has 1 aliphatic heterocycles. The topological polar surface area (TPSA) is 67.4 Å². The van der Waals surface area contributed by atoms with Gasteiger partial charge in [-0.3, -0.25) is 9.59 Å². The van der Waals surface area contributed by atoms with E-state index < -0.39 is 11.8 Å².